The molecule has 0 spiro atoms. The zero-order valence-electron chi connectivity index (χ0n) is 10.4. The maximum atomic E-state index is 13.5. The lowest BCUT2D eigenvalue weighted by atomic mass is 10.1. The molecule has 0 aliphatic rings. The Morgan fingerprint density at radius 1 is 1.39 bits per heavy atom. The van der Waals surface area contributed by atoms with Crippen molar-refractivity contribution in [1.29, 1.82) is 0 Å². The minimum absolute atomic E-state index is 0.202. The van der Waals surface area contributed by atoms with Gasteiger partial charge < -0.3 is 9.26 Å². The highest BCUT2D eigenvalue weighted by Crippen LogP contribution is 2.19. The van der Waals surface area contributed by atoms with Gasteiger partial charge in [0.2, 0.25) is 0 Å². The number of benzene rings is 1. The smallest absolute Gasteiger partial charge is 0.255 e. The fourth-order valence-corrected chi connectivity index (χ4v) is 1.72. The molecule has 96 valence electrons. The molecule has 0 radical (unpaired) electrons. The second-order valence-corrected chi connectivity index (χ2v) is 3.95. The predicted octanol–water partition coefficient (Wildman–Crippen LogP) is 2.90. The molecular formula is C13H15FN2O2. The largest absolute Gasteiger partial charge is 0.372 e. The molecule has 1 heterocycles. The van der Waals surface area contributed by atoms with Crippen molar-refractivity contribution in [3.8, 4) is 0 Å². The average Bonchev–Trinajstić information content (AvgIpc) is 2.82. The fraction of sp³-hybridized carbons (Fsp3) is 0.385. The van der Waals surface area contributed by atoms with Gasteiger partial charge in [0.05, 0.1) is 0 Å². The molecule has 0 aliphatic carbocycles. The molecule has 18 heavy (non-hydrogen) atoms. The Hall–Kier alpha value is -1.75. The number of halogens is 1. The summed E-state index contributed by atoms with van der Waals surface area (Å²) in [5.41, 5.74) is 0.551. The number of aromatic nitrogens is 2. The van der Waals surface area contributed by atoms with E-state index in [0.29, 0.717) is 23.7 Å². The topological polar surface area (TPSA) is 48.2 Å². The van der Waals surface area contributed by atoms with Gasteiger partial charge in [-0.2, -0.15) is 4.98 Å². The minimum atomic E-state index is -0.261. The van der Waals surface area contributed by atoms with Crippen LogP contribution in [0.2, 0.25) is 0 Å². The van der Waals surface area contributed by atoms with Crippen LogP contribution in [-0.4, -0.2) is 17.3 Å². The van der Waals surface area contributed by atoms with E-state index in [4.69, 9.17) is 9.26 Å². The van der Waals surface area contributed by atoms with Gasteiger partial charge in [-0.05, 0) is 18.1 Å². The molecule has 0 amide bonds. The van der Waals surface area contributed by atoms with Crippen molar-refractivity contribution < 1.29 is 13.7 Å². The van der Waals surface area contributed by atoms with E-state index in [9.17, 15) is 4.39 Å². The van der Waals surface area contributed by atoms with E-state index in [0.717, 1.165) is 6.42 Å². The summed E-state index contributed by atoms with van der Waals surface area (Å²) in [5, 5.41) is 3.84. The van der Waals surface area contributed by atoms with E-state index in [1.165, 1.54) is 6.07 Å². The Labute approximate surface area is 105 Å². The van der Waals surface area contributed by atoms with E-state index in [2.05, 4.69) is 10.1 Å². The Morgan fingerprint density at radius 2 is 2.17 bits per heavy atom. The van der Waals surface area contributed by atoms with Crippen LogP contribution in [0.1, 0.15) is 36.7 Å². The van der Waals surface area contributed by atoms with Gasteiger partial charge in [0.1, 0.15) is 11.9 Å². The van der Waals surface area contributed by atoms with Crippen LogP contribution in [0.5, 0.6) is 0 Å². The monoisotopic (exact) mass is 250 g/mol. The minimum Gasteiger partial charge on any atom is -0.372 e. The van der Waals surface area contributed by atoms with E-state index < -0.39 is 0 Å². The van der Waals surface area contributed by atoms with Gasteiger partial charge in [-0.3, -0.25) is 0 Å². The number of hydrogen-bond acceptors (Lipinski definition) is 4. The van der Waals surface area contributed by atoms with E-state index in [1.807, 2.05) is 6.92 Å². The number of methoxy groups -OCH3 is 1. The number of ether oxygens (including phenoxy) is 1. The third-order valence-electron chi connectivity index (χ3n) is 2.72. The molecule has 4 nitrogen and oxygen atoms in total. The van der Waals surface area contributed by atoms with Crippen LogP contribution >= 0.6 is 0 Å². The molecule has 2 rings (SSSR count). The third-order valence-corrected chi connectivity index (χ3v) is 2.72. The van der Waals surface area contributed by atoms with Crippen molar-refractivity contribution in [2.45, 2.75) is 25.9 Å². The highest BCUT2D eigenvalue weighted by molar-refractivity contribution is 5.20. The van der Waals surface area contributed by atoms with E-state index in [-0.39, 0.29) is 11.9 Å². The van der Waals surface area contributed by atoms with Crippen LogP contribution in [-0.2, 0) is 11.2 Å². The quantitative estimate of drug-likeness (QED) is 0.818. The summed E-state index contributed by atoms with van der Waals surface area (Å²) in [5.74, 6) is 0.638. The van der Waals surface area contributed by atoms with Crippen LogP contribution in [0, 0.1) is 5.82 Å². The highest BCUT2D eigenvalue weighted by Gasteiger charge is 2.17. The van der Waals surface area contributed by atoms with Crippen molar-refractivity contribution >= 4 is 0 Å². The molecule has 0 fully saturated rings. The van der Waals surface area contributed by atoms with Crippen molar-refractivity contribution in [3.63, 3.8) is 0 Å². The molecule has 0 N–H and O–H groups in total. The van der Waals surface area contributed by atoms with Crippen LogP contribution < -0.4 is 0 Å². The normalized spacial score (nSPS) is 12.6. The van der Waals surface area contributed by atoms with Gasteiger partial charge in [0.25, 0.3) is 5.89 Å². The second kappa shape index (κ2) is 5.73. The summed E-state index contributed by atoms with van der Waals surface area (Å²) in [6, 6.07) is 6.56. The highest BCUT2D eigenvalue weighted by atomic mass is 19.1. The van der Waals surface area contributed by atoms with Crippen LogP contribution in [0.4, 0.5) is 4.39 Å². The maximum Gasteiger partial charge on any atom is 0.255 e. The number of hydrogen-bond donors (Lipinski definition) is 0. The molecule has 0 saturated heterocycles. The first-order chi connectivity index (χ1) is 8.74. The molecule has 1 atom stereocenters. The maximum absolute atomic E-state index is 13.5. The first-order valence-corrected chi connectivity index (χ1v) is 5.83. The van der Waals surface area contributed by atoms with Gasteiger partial charge in [-0.25, -0.2) is 4.39 Å². The summed E-state index contributed by atoms with van der Waals surface area (Å²) in [6.07, 6.45) is 0.862. The lowest BCUT2D eigenvalue weighted by molar-refractivity contribution is 0.0706. The van der Waals surface area contributed by atoms with Gasteiger partial charge in [-0.15, -0.1) is 0 Å². The Kier molecular flexibility index (Phi) is 4.04. The zero-order valence-corrected chi connectivity index (χ0v) is 10.4. The molecule has 1 aromatic heterocycles. The van der Waals surface area contributed by atoms with Gasteiger partial charge >= 0.3 is 0 Å². The summed E-state index contributed by atoms with van der Waals surface area (Å²) in [6.45, 7) is 1.97. The van der Waals surface area contributed by atoms with Crippen molar-refractivity contribution in [3.05, 3.63) is 47.4 Å². The number of nitrogens with zero attached hydrogens (tertiary/aromatic N) is 2. The first-order valence-electron chi connectivity index (χ1n) is 5.83. The molecule has 1 unspecified atom stereocenters. The van der Waals surface area contributed by atoms with Crippen molar-refractivity contribution in [1.82, 2.24) is 10.1 Å². The van der Waals surface area contributed by atoms with Crippen LogP contribution in [0.15, 0.2) is 28.8 Å². The third kappa shape index (κ3) is 2.73. The van der Waals surface area contributed by atoms with E-state index in [1.54, 1.807) is 25.3 Å². The average molecular weight is 250 g/mol. The molecule has 2 aromatic rings. The molecule has 0 saturated carbocycles. The lowest BCUT2D eigenvalue weighted by Gasteiger charge is -2.05. The molecular weight excluding hydrogens is 235 g/mol. The van der Waals surface area contributed by atoms with Crippen molar-refractivity contribution in [2.24, 2.45) is 0 Å². The summed E-state index contributed by atoms with van der Waals surface area (Å²) in [7, 11) is 1.59. The first kappa shape index (κ1) is 12.7. The van der Waals surface area contributed by atoms with Crippen LogP contribution in [0.25, 0.3) is 0 Å². The molecule has 1 aromatic carbocycles. The Morgan fingerprint density at radius 3 is 2.83 bits per heavy atom. The molecule has 5 heteroatoms. The second-order valence-electron chi connectivity index (χ2n) is 3.95. The molecule has 0 aliphatic heterocycles. The summed E-state index contributed by atoms with van der Waals surface area (Å²) >= 11 is 0. The zero-order chi connectivity index (χ0) is 13.0. The van der Waals surface area contributed by atoms with Gasteiger partial charge in [0, 0.05) is 13.5 Å². The van der Waals surface area contributed by atoms with Crippen molar-refractivity contribution in [2.75, 3.05) is 7.11 Å². The standard InChI is InChI=1S/C13H15FN2O2/c1-3-11(17-2)13-15-12(16-18-13)8-9-6-4-5-7-10(9)14/h4-7,11H,3,8H2,1-2H3. The van der Waals surface area contributed by atoms with E-state index >= 15 is 0 Å². The van der Waals surface area contributed by atoms with Crippen LogP contribution in [0.3, 0.4) is 0 Å². The van der Waals surface area contributed by atoms with Gasteiger partial charge in [0.15, 0.2) is 5.82 Å². The SMILES string of the molecule is CCC(OC)c1nc(Cc2ccccc2F)no1. The summed E-state index contributed by atoms with van der Waals surface area (Å²) in [4.78, 5) is 4.22. The predicted molar refractivity (Wildman–Crippen MR) is 63.5 cm³/mol. The Bertz CT molecular complexity index is 509. The molecule has 0 bridgehead atoms. The summed E-state index contributed by atoms with van der Waals surface area (Å²) < 4.78 is 23.8. The number of rotatable bonds is 5. The fourth-order valence-electron chi connectivity index (χ4n) is 1.72. The lowest BCUT2D eigenvalue weighted by Crippen LogP contribution is -2.00. The Balaban J connectivity index is 2.14. The van der Waals surface area contributed by atoms with Gasteiger partial charge in [-0.1, -0.05) is 30.3 Å².